The smallest absolute Gasteiger partial charge is 0.163 e. The van der Waals surface area contributed by atoms with Gasteiger partial charge in [0.2, 0.25) is 0 Å². The molecule has 1 aromatic carbocycles. The van der Waals surface area contributed by atoms with Gasteiger partial charge >= 0.3 is 0 Å². The van der Waals surface area contributed by atoms with Gasteiger partial charge in [0, 0.05) is 26.8 Å². The molecular weight excluding hydrogens is 316 g/mol. The number of benzene rings is 1. The topological polar surface area (TPSA) is 63.8 Å². The summed E-state index contributed by atoms with van der Waals surface area (Å²) in [6, 6.07) is 7.32. The minimum Gasteiger partial charge on any atom is -0.308 e. The summed E-state index contributed by atoms with van der Waals surface area (Å²) in [6.07, 6.45) is 0.808. The summed E-state index contributed by atoms with van der Waals surface area (Å²) in [4.78, 5) is 8.81. The molecule has 0 unspecified atom stereocenters. The molecule has 0 saturated carbocycles. The first-order valence-corrected chi connectivity index (χ1v) is 6.61. The minimum atomic E-state index is 0.587. The Labute approximate surface area is 119 Å². The molecule has 0 fully saturated rings. The molecule has 94 valence electrons. The molecular formula is C12H12BrClN4. The standard InChI is InChI=1S/C12H12BrClN4/c1-2-8-6-11(18-15)17-12(16-8)9-5-7(14)3-4-10(9)13/h3-6H,2,15H2,1H3,(H,16,17,18). The van der Waals surface area contributed by atoms with Crippen LogP contribution in [-0.4, -0.2) is 9.97 Å². The van der Waals surface area contributed by atoms with Gasteiger partial charge in [0.15, 0.2) is 5.82 Å². The van der Waals surface area contributed by atoms with Crippen molar-refractivity contribution in [1.82, 2.24) is 9.97 Å². The predicted molar refractivity (Wildman–Crippen MR) is 77.4 cm³/mol. The van der Waals surface area contributed by atoms with E-state index in [0.717, 1.165) is 22.2 Å². The molecule has 6 heteroatoms. The molecule has 0 atom stereocenters. The molecule has 1 aromatic heterocycles. The van der Waals surface area contributed by atoms with Crippen LogP contribution in [0.2, 0.25) is 5.02 Å². The fourth-order valence-corrected chi connectivity index (χ4v) is 2.14. The Balaban J connectivity index is 2.58. The maximum atomic E-state index is 6.00. The molecule has 1 heterocycles. The van der Waals surface area contributed by atoms with Gasteiger partial charge in [0.05, 0.1) is 0 Å². The summed E-state index contributed by atoms with van der Waals surface area (Å²) < 4.78 is 0.892. The van der Waals surface area contributed by atoms with Crippen LogP contribution in [0.5, 0.6) is 0 Å². The van der Waals surface area contributed by atoms with E-state index in [1.165, 1.54) is 0 Å². The molecule has 0 aliphatic rings. The number of nitrogens with one attached hydrogen (secondary N) is 1. The average molecular weight is 328 g/mol. The Kier molecular flexibility index (Phi) is 4.16. The number of aryl methyl sites for hydroxylation is 1. The zero-order chi connectivity index (χ0) is 13.1. The fourth-order valence-electron chi connectivity index (χ4n) is 1.54. The van der Waals surface area contributed by atoms with Crippen LogP contribution >= 0.6 is 27.5 Å². The lowest BCUT2D eigenvalue weighted by Gasteiger charge is -2.08. The molecule has 0 amide bonds. The summed E-state index contributed by atoms with van der Waals surface area (Å²) >= 11 is 9.47. The first-order chi connectivity index (χ1) is 8.63. The SMILES string of the molecule is CCc1cc(NN)nc(-c2cc(Cl)ccc2Br)n1. The number of hydrogen-bond acceptors (Lipinski definition) is 4. The first-order valence-electron chi connectivity index (χ1n) is 5.44. The third kappa shape index (κ3) is 2.80. The normalized spacial score (nSPS) is 10.4. The number of aromatic nitrogens is 2. The highest BCUT2D eigenvalue weighted by molar-refractivity contribution is 9.10. The van der Waals surface area contributed by atoms with Crippen molar-refractivity contribution >= 4 is 33.3 Å². The molecule has 4 nitrogen and oxygen atoms in total. The maximum absolute atomic E-state index is 6.00. The van der Waals surface area contributed by atoms with Crippen molar-refractivity contribution in [3.8, 4) is 11.4 Å². The van der Waals surface area contributed by atoms with Crippen LogP contribution in [0, 0.1) is 0 Å². The lowest BCUT2D eigenvalue weighted by atomic mass is 10.2. The number of rotatable bonds is 3. The summed E-state index contributed by atoms with van der Waals surface area (Å²) in [5.74, 6) is 6.59. The highest BCUT2D eigenvalue weighted by atomic mass is 79.9. The first kappa shape index (κ1) is 13.3. The zero-order valence-electron chi connectivity index (χ0n) is 9.74. The second-order valence-corrected chi connectivity index (χ2v) is 4.98. The number of nitrogen functional groups attached to an aromatic ring is 1. The lowest BCUT2D eigenvalue weighted by molar-refractivity contribution is 1.00. The number of nitrogens with two attached hydrogens (primary N) is 1. The van der Waals surface area contributed by atoms with E-state index in [1.807, 2.05) is 25.1 Å². The fraction of sp³-hybridized carbons (Fsp3) is 0.167. The molecule has 18 heavy (non-hydrogen) atoms. The lowest BCUT2D eigenvalue weighted by Crippen LogP contribution is -2.10. The van der Waals surface area contributed by atoms with Crippen molar-refractivity contribution in [1.29, 1.82) is 0 Å². The van der Waals surface area contributed by atoms with Crippen LogP contribution in [0.1, 0.15) is 12.6 Å². The van der Waals surface area contributed by atoms with Gasteiger partial charge in [-0.1, -0.05) is 34.5 Å². The Morgan fingerprint density at radius 2 is 2.11 bits per heavy atom. The Morgan fingerprint density at radius 3 is 2.78 bits per heavy atom. The van der Waals surface area contributed by atoms with E-state index in [-0.39, 0.29) is 0 Å². The minimum absolute atomic E-state index is 0.587. The van der Waals surface area contributed by atoms with Crippen molar-refractivity contribution in [2.45, 2.75) is 13.3 Å². The van der Waals surface area contributed by atoms with Crippen LogP contribution in [-0.2, 0) is 6.42 Å². The second-order valence-electron chi connectivity index (χ2n) is 3.69. The average Bonchev–Trinajstić information content (AvgIpc) is 2.40. The number of halogens is 2. The van der Waals surface area contributed by atoms with Crippen LogP contribution < -0.4 is 11.3 Å². The second kappa shape index (κ2) is 5.65. The van der Waals surface area contributed by atoms with Crippen molar-refractivity contribution in [3.63, 3.8) is 0 Å². The van der Waals surface area contributed by atoms with E-state index < -0.39 is 0 Å². The Bertz CT molecular complexity index is 552. The highest BCUT2D eigenvalue weighted by Crippen LogP contribution is 2.29. The van der Waals surface area contributed by atoms with Gasteiger partial charge in [-0.2, -0.15) is 0 Å². The van der Waals surface area contributed by atoms with Gasteiger partial charge < -0.3 is 5.43 Å². The Hall–Kier alpha value is -1.17. The van der Waals surface area contributed by atoms with E-state index in [1.54, 1.807) is 6.07 Å². The quantitative estimate of drug-likeness (QED) is 0.670. The summed E-state index contributed by atoms with van der Waals surface area (Å²) in [5, 5.41) is 0.640. The molecule has 3 N–H and O–H groups in total. The van der Waals surface area contributed by atoms with Gasteiger partial charge in [-0.05, 0) is 24.6 Å². The molecule has 0 aliphatic carbocycles. The highest BCUT2D eigenvalue weighted by Gasteiger charge is 2.09. The largest absolute Gasteiger partial charge is 0.308 e. The van der Waals surface area contributed by atoms with Gasteiger partial charge in [-0.25, -0.2) is 15.8 Å². The van der Waals surface area contributed by atoms with E-state index in [2.05, 4.69) is 31.3 Å². The van der Waals surface area contributed by atoms with Crippen molar-refractivity contribution in [2.75, 3.05) is 5.43 Å². The predicted octanol–water partition coefficient (Wildman–Crippen LogP) is 3.41. The summed E-state index contributed by atoms with van der Waals surface area (Å²) in [6.45, 7) is 2.03. The van der Waals surface area contributed by atoms with Gasteiger partial charge in [-0.3, -0.25) is 0 Å². The van der Waals surface area contributed by atoms with Crippen LogP contribution in [0.3, 0.4) is 0 Å². The third-order valence-electron chi connectivity index (χ3n) is 2.46. The van der Waals surface area contributed by atoms with Crippen LogP contribution in [0.4, 0.5) is 5.82 Å². The summed E-state index contributed by atoms with van der Waals surface area (Å²) in [5.41, 5.74) is 4.30. The van der Waals surface area contributed by atoms with Crippen LogP contribution in [0.15, 0.2) is 28.7 Å². The van der Waals surface area contributed by atoms with Crippen LogP contribution in [0.25, 0.3) is 11.4 Å². The van der Waals surface area contributed by atoms with E-state index in [0.29, 0.717) is 16.7 Å². The zero-order valence-corrected chi connectivity index (χ0v) is 12.1. The van der Waals surface area contributed by atoms with Crippen molar-refractivity contribution < 1.29 is 0 Å². The molecule has 0 bridgehead atoms. The van der Waals surface area contributed by atoms with E-state index >= 15 is 0 Å². The van der Waals surface area contributed by atoms with Crippen molar-refractivity contribution in [2.24, 2.45) is 5.84 Å². The van der Waals surface area contributed by atoms with E-state index in [4.69, 9.17) is 17.4 Å². The molecule has 0 radical (unpaired) electrons. The number of hydrogen-bond donors (Lipinski definition) is 2. The number of nitrogens with zero attached hydrogens (tertiary/aromatic N) is 2. The van der Waals surface area contributed by atoms with Crippen molar-refractivity contribution in [3.05, 3.63) is 39.5 Å². The van der Waals surface area contributed by atoms with Gasteiger partial charge in [0.1, 0.15) is 5.82 Å². The number of anilines is 1. The van der Waals surface area contributed by atoms with Gasteiger partial charge in [0.25, 0.3) is 0 Å². The monoisotopic (exact) mass is 326 g/mol. The van der Waals surface area contributed by atoms with E-state index in [9.17, 15) is 0 Å². The third-order valence-corrected chi connectivity index (χ3v) is 3.39. The molecule has 2 aromatic rings. The summed E-state index contributed by atoms with van der Waals surface area (Å²) in [7, 11) is 0. The molecule has 2 rings (SSSR count). The van der Waals surface area contributed by atoms with Gasteiger partial charge in [-0.15, -0.1) is 0 Å². The molecule has 0 aliphatic heterocycles. The molecule has 0 saturated heterocycles. The number of hydrazine groups is 1. The Morgan fingerprint density at radius 1 is 1.33 bits per heavy atom. The maximum Gasteiger partial charge on any atom is 0.163 e. The molecule has 0 spiro atoms.